The zero-order valence-corrected chi connectivity index (χ0v) is 20.3. The topological polar surface area (TPSA) is 78.1 Å². The number of aromatic nitrogens is 2. The number of halogens is 6. The average Bonchev–Trinajstić information content (AvgIpc) is 3.43. The fraction of sp³-hybridized carbons (Fsp3) is 0.400. The van der Waals surface area contributed by atoms with Gasteiger partial charge in [-0.3, -0.25) is 14.7 Å². The zero-order valence-electron chi connectivity index (χ0n) is 19.5. The van der Waals surface area contributed by atoms with Crippen molar-refractivity contribution in [2.45, 2.75) is 56.9 Å². The van der Waals surface area contributed by atoms with E-state index in [9.17, 15) is 31.5 Å². The van der Waals surface area contributed by atoms with E-state index >= 15 is 0 Å². The number of hydrogen-bond donors (Lipinski definition) is 2. The Hall–Kier alpha value is -3.21. The average molecular weight is 541 g/mol. The molecule has 6 nitrogen and oxygen atoms in total. The summed E-state index contributed by atoms with van der Waals surface area (Å²) in [5.74, 6) is -4.15. The zero-order chi connectivity index (χ0) is 26.6. The van der Waals surface area contributed by atoms with Crippen LogP contribution in [0.4, 0.5) is 22.0 Å². The van der Waals surface area contributed by atoms with Gasteiger partial charge in [0, 0.05) is 22.0 Å². The van der Waals surface area contributed by atoms with Gasteiger partial charge in [-0.15, -0.1) is 0 Å². The van der Waals surface area contributed by atoms with Gasteiger partial charge in [-0.25, -0.2) is 8.78 Å². The molecule has 0 radical (unpaired) electrons. The molecule has 37 heavy (non-hydrogen) atoms. The van der Waals surface area contributed by atoms with Crippen LogP contribution < -0.4 is 5.32 Å². The summed E-state index contributed by atoms with van der Waals surface area (Å²) in [5, 5.41) is 10.4. The molecule has 1 aromatic heterocycles. The fourth-order valence-corrected chi connectivity index (χ4v) is 5.29. The number of alkyl halides is 3. The smallest absolute Gasteiger partial charge is 0.347 e. The van der Waals surface area contributed by atoms with Gasteiger partial charge in [-0.05, 0) is 62.8 Å². The van der Waals surface area contributed by atoms with Crippen LogP contribution in [-0.4, -0.2) is 39.0 Å². The van der Waals surface area contributed by atoms with Crippen LogP contribution in [0.15, 0.2) is 30.5 Å². The molecule has 1 aliphatic carbocycles. The van der Waals surface area contributed by atoms with E-state index in [-0.39, 0.29) is 29.2 Å². The summed E-state index contributed by atoms with van der Waals surface area (Å²) in [6.45, 7) is 1.79. The van der Waals surface area contributed by atoms with E-state index in [1.54, 1.807) is 13.0 Å². The molecule has 0 spiro atoms. The predicted molar refractivity (Wildman–Crippen MR) is 125 cm³/mol. The maximum atomic E-state index is 14.8. The molecule has 3 atom stereocenters. The summed E-state index contributed by atoms with van der Waals surface area (Å²) >= 11 is 6.18. The molecule has 2 aromatic carbocycles. The minimum absolute atomic E-state index is 0.120. The van der Waals surface area contributed by atoms with Crippen LogP contribution in [0, 0.1) is 17.6 Å². The van der Waals surface area contributed by atoms with E-state index in [0.29, 0.717) is 47.7 Å². The Balaban J connectivity index is 1.43. The standard InChI is InChI=1S/C25H22ClF5N4O2/c1-11-2-5-20(35(11)24(37)16-7-14(26)6-13-10-32-34-22(13)16)23(36)33-21(12-3-4-12)15-8-19(28)17(9-18(15)27)25(29,30)31/h6-12,20-21H,2-5H2,1H3,(H,32,34)(H,33,36)/t11-,20-,21-/m1/s1. The Kier molecular flexibility index (Phi) is 6.37. The number of amides is 2. The highest BCUT2D eigenvalue weighted by Crippen LogP contribution is 2.43. The van der Waals surface area contributed by atoms with Crippen molar-refractivity contribution in [3.8, 4) is 0 Å². The quantitative estimate of drug-likeness (QED) is 0.403. The predicted octanol–water partition coefficient (Wildman–Crippen LogP) is 5.77. The first-order valence-corrected chi connectivity index (χ1v) is 12.1. The van der Waals surface area contributed by atoms with Crippen LogP contribution in [0.25, 0.3) is 10.9 Å². The Morgan fingerprint density at radius 3 is 2.51 bits per heavy atom. The van der Waals surface area contributed by atoms with Gasteiger partial charge in [-0.2, -0.15) is 18.3 Å². The molecule has 2 aliphatic rings. The molecule has 2 fully saturated rings. The number of H-pyrrole nitrogens is 1. The Morgan fingerprint density at radius 2 is 1.84 bits per heavy atom. The van der Waals surface area contributed by atoms with E-state index in [1.807, 2.05) is 0 Å². The van der Waals surface area contributed by atoms with E-state index in [1.165, 1.54) is 17.2 Å². The third kappa shape index (κ3) is 4.76. The molecule has 3 aromatic rings. The number of likely N-dealkylation sites (tertiary alicyclic amines) is 1. The van der Waals surface area contributed by atoms with Crippen molar-refractivity contribution in [3.05, 3.63) is 63.8 Å². The summed E-state index contributed by atoms with van der Waals surface area (Å²) in [6, 6.07) is 1.51. The second kappa shape index (κ2) is 9.27. The Labute approximate surface area is 213 Å². The van der Waals surface area contributed by atoms with Crippen molar-refractivity contribution < 1.29 is 31.5 Å². The van der Waals surface area contributed by atoms with Crippen LogP contribution in [0.5, 0.6) is 0 Å². The number of rotatable bonds is 5. The van der Waals surface area contributed by atoms with Crippen LogP contribution in [0.2, 0.25) is 5.02 Å². The lowest BCUT2D eigenvalue weighted by Gasteiger charge is -2.30. The number of carbonyl (C=O) groups excluding carboxylic acids is 2. The lowest BCUT2D eigenvalue weighted by Crippen LogP contribution is -2.49. The van der Waals surface area contributed by atoms with Crippen molar-refractivity contribution in [2.24, 2.45) is 5.92 Å². The third-order valence-electron chi connectivity index (χ3n) is 7.07. The summed E-state index contributed by atoms with van der Waals surface area (Å²) in [5.41, 5.74) is -1.35. The van der Waals surface area contributed by atoms with Gasteiger partial charge in [0.05, 0.1) is 28.9 Å². The molecule has 5 rings (SSSR count). The van der Waals surface area contributed by atoms with Gasteiger partial charge in [0.1, 0.15) is 17.7 Å². The van der Waals surface area contributed by atoms with Gasteiger partial charge in [0.2, 0.25) is 5.91 Å². The van der Waals surface area contributed by atoms with Crippen LogP contribution in [-0.2, 0) is 11.0 Å². The molecular formula is C25H22ClF5N4O2. The summed E-state index contributed by atoms with van der Waals surface area (Å²) < 4.78 is 68.1. The lowest BCUT2D eigenvalue weighted by molar-refractivity contribution is -0.140. The number of hydrogen-bond acceptors (Lipinski definition) is 3. The van der Waals surface area contributed by atoms with Gasteiger partial charge >= 0.3 is 6.18 Å². The highest BCUT2D eigenvalue weighted by atomic mass is 35.5. The van der Waals surface area contributed by atoms with Crippen LogP contribution in [0.1, 0.15) is 60.1 Å². The molecule has 1 saturated carbocycles. The SMILES string of the molecule is C[C@@H]1CC[C@H](C(=O)N[C@@H](c2cc(F)c(C(F)(F)F)cc2F)C2CC2)N1C(=O)c1cc(Cl)cc2cn[nH]c12. The van der Waals surface area contributed by atoms with E-state index in [0.717, 1.165) is 0 Å². The molecule has 2 amide bonds. The van der Waals surface area contributed by atoms with E-state index < -0.39 is 47.3 Å². The molecule has 2 heterocycles. The lowest BCUT2D eigenvalue weighted by atomic mass is 9.98. The number of benzene rings is 2. The van der Waals surface area contributed by atoms with Crippen molar-refractivity contribution in [3.63, 3.8) is 0 Å². The number of carbonyl (C=O) groups is 2. The Bertz CT molecular complexity index is 1390. The molecule has 2 N–H and O–H groups in total. The number of fused-ring (bicyclic) bond motifs is 1. The van der Waals surface area contributed by atoms with Crippen molar-refractivity contribution in [2.75, 3.05) is 0 Å². The molecular weight excluding hydrogens is 519 g/mol. The number of nitrogens with zero attached hydrogens (tertiary/aromatic N) is 2. The van der Waals surface area contributed by atoms with E-state index in [4.69, 9.17) is 11.6 Å². The molecule has 196 valence electrons. The molecule has 12 heteroatoms. The van der Waals surface area contributed by atoms with Gasteiger partial charge in [-0.1, -0.05) is 11.6 Å². The van der Waals surface area contributed by atoms with Gasteiger partial charge in [0.25, 0.3) is 5.91 Å². The highest BCUT2D eigenvalue weighted by molar-refractivity contribution is 6.32. The van der Waals surface area contributed by atoms with Crippen molar-refractivity contribution in [1.29, 1.82) is 0 Å². The summed E-state index contributed by atoms with van der Waals surface area (Å²) in [7, 11) is 0. The first-order valence-electron chi connectivity index (χ1n) is 11.8. The first kappa shape index (κ1) is 25.4. The molecule has 1 saturated heterocycles. The minimum Gasteiger partial charge on any atom is -0.347 e. The monoisotopic (exact) mass is 540 g/mol. The van der Waals surface area contributed by atoms with E-state index in [2.05, 4.69) is 15.5 Å². The number of aromatic amines is 1. The second-order valence-electron chi connectivity index (χ2n) is 9.62. The maximum absolute atomic E-state index is 14.8. The largest absolute Gasteiger partial charge is 0.419 e. The van der Waals surface area contributed by atoms with Crippen LogP contribution in [0.3, 0.4) is 0 Å². The Morgan fingerprint density at radius 1 is 1.11 bits per heavy atom. The second-order valence-corrected chi connectivity index (χ2v) is 10.1. The molecule has 0 unspecified atom stereocenters. The maximum Gasteiger partial charge on any atom is 0.419 e. The number of nitrogens with one attached hydrogen (secondary N) is 2. The molecule has 0 bridgehead atoms. The normalized spacial score (nSPS) is 20.9. The first-order chi connectivity index (χ1) is 17.5. The molecule has 1 aliphatic heterocycles. The summed E-state index contributed by atoms with van der Waals surface area (Å²) in [4.78, 5) is 28.4. The van der Waals surface area contributed by atoms with Crippen molar-refractivity contribution in [1.82, 2.24) is 20.4 Å². The van der Waals surface area contributed by atoms with Crippen molar-refractivity contribution >= 4 is 34.3 Å². The van der Waals surface area contributed by atoms with Crippen LogP contribution >= 0.6 is 11.6 Å². The van der Waals surface area contributed by atoms with Gasteiger partial charge in [0.15, 0.2) is 0 Å². The highest BCUT2D eigenvalue weighted by Gasteiger charge is 2.43. The van der Waals surface area contributed by atoms with Gasteiger partial charge < -0.3 is 10.2 Å². The minimum atomic E-state index is -5.05. The third-order valence-corrected chi connectivity index (χ3v) is 7.29. The summed E-state index contributed by atoms with van der Waals surface area (Å²) in [6.07, 6.45) is -1.49. The fourth-order valence-electron chi connectivity index (χ4n) is 5.06.